The van der Waals surface area contributed by atoms with E-state index in [1.165, 1.54) is 0 Å². The maximum absolute atomic E-state index is 12.9. The number of benzene rings is 2. The van der Waals surface area contributed by atoms with Crippen molar-refractivity contribution in [1.29, 1.82) is 0 Å². The SMILES string of the molecule is Cc1ccc(C(=O)N2CCC3(CC(=O)c4ccccc4O3)C2)c(C)c1. The monoisotopic (exact) mass is 335 g/mol. The highest BCUT2D eigenvalue weighted by Crippen LogP contribution is 2.39. The Balaban J connectivity index is 1.57. The highest BCUT2D eigenvalue weighted by molar-refractivity contribution is 6.01. The normalized spacial score (nSPS) is 22.0. The molecule has 2 aliphatic rings. The van der Waals surface area contributed by atoms with Gasteiger partial charge in [0.05, 0.1) is 18.5 Å². The first kappa shape index (κ1) is 15.9. The second-order valence-corrected chi connectivity index (χ2v) is 7.18. The van der Waals surface area contributed by atoms with Gasteiger partial charge in [0.15, 0.2) is 5.78 Å². The number of amides is 1. The Kier molecular flexibility index (Phi) is 3.64. The zero-order chi connectivity index (χ0) is 17.6. The Bertz CT molecular complexity index is 873. The summed E-state index contributed by atoms with van der Waals surface area (Å²) in [5, 5.41) is 0. The molecular formula is C21H21NO3. The molecule has 0 saturated carbocycles. The molecule has 0 aromatic heterocycles. The molecule has 0 N–H and O–H groups in total. The number of hydrogen-bond donors (Lipinski definition) is 0. The summed E-state index contributed by atoms with van der Waals surface area (Å²) in [6.45, 7) is 5.05. The van der Waals surface area contributed by atoms with Crippen molar-refractivity contribution >= 4 is 11.7 Å². The highest BCUT2D eigenvalue weighted by Gasteiger charge is 2.47. The lowest BCUT2D eigenvalue weighted by atomic mass is 9.89. The van der Waals surface area contributed by atoms with Crippen LogP contribution in [0, 0.1) is 13.8 Å². The zero-order valence-electron chi connectivity index (χ0n) is 14.5. The first-order valence-corrected chi connectivity index (χ1v) is 8.65. The van der Waals surface area contributed by atoms with E-state index in [2.05, 4.69) is 0 Å². The van der Waals surface area contributed by atoms with Crippen molar-refractivity contribution in [2.75, 3.05) is 13.1 Å². The first-order chi connectivity index (χ1) is 12.0. The maximum Gasteiger partial charge on any atom is 0.254 e. The molecule has 4 rings (SSSR count). The van der Waals surface area contributed by atoms with Crippen LogP contribution in [0.2, 0.25) is 0 Å². The van der Waals surface area contributed by atoms with E-state index in [1.807, 2.05) is 55.1 Å². The largest absolute Gasteiger partial charge is 0.484 e. The number of fused-ring (bicyclic) bond motifs is 1. The summed E-state index contributed by atoms with van der Waals surface area (Å²) in [5.74, 6) is 0.756. The van der Waals surface area contributed by atoms with Crippen LogP contribution in [0.15, 0.2) is 42.5 Å². The van der Waals surface area contributed by atoms with Crippen molar-refractivity contribution in [3.63, 3.8) is 0 Å². The van der Waals surface area contributed by atoms with E-state index in [1.54, 1.807) is 6.07 Å². The van der Waals surface area contributed by atoms with Gasteiger partial charge in [0.2, 0.25) is 0 Å². The molecule has 2 aliphatic heterocycles. The smallest absolute Gasteiger partial charge is 0.254 e. The maximum atomic E-state index is 12.9. The second-order valence-electron chi connectivity index (χ2n) is 7.18. The van der Waals surface area contributed by atoms with Crippen LogP contribution in [0.25, 0.3) is 0 Å². The van der Waals surface area contributed by atoms with E-state index in [0.717, 1.165) is 16.7 Å². The van der Waals surface area contributed by atoms with Crippen LogP contribution in [-0.2, 0) is 0 Å². The molecule has 2 aromatic rings. The highest BCUT2D eigenvalue weighted by atomic mass is 16.5. The van der Waals surface area contributed by atoms with Gasteiger partial charge in [-0.3, -0.25) is 9.59 Å². The van der Waals surface area contributed by atoms with Gasteiger partial charge in [0, 0.05) is 18.5 Å². The molecule has 4 heteroatoms. The molecule has 0 bridgehead atoms. The molecular weight excluding hydrogens is 314 g/mol. The van der Waals surface area contributed by atoms with Gasteiger partial charge in [0.25, 0.3) is 5.91 Å². The molecule has 25 heavy (non-hydrogen) atoms. The minimum absolute atomic E-state index is 0.0179. The summed E-state index contributed by atoms with van der Waals surface area (Å²) in [7, 11) is 0. The standard InChI is InChI=1S/C21H21NO3/c1-14-7-8-16(15(2)11-14)20(24)22-10-9-21(13-22)12-18(23)17-5-3-4-6-19(17)25-21/h3-8,11H,9-10,12-13H2,1-2H3. The van der Waals surface area contributed by atoms with Crippen molar-refractivity contribution in [2.45, 2.75) is 32.3 Å². The zero-order valence-corrected chi connectivity index (χ0v) is 14.5. The molecule has 1 saturated heterocycles. The lowest BCUT2D eigenvalue weighted by Crippen LogP contribution is -2.45. The van der Waals surface area contributed by atoms with Gasteiger partial charge in [-0.2, -0.15) is 0 Å². The Morgan fingerprint density at radius 3 is 2.76 bits per heavy atom. The third-order valence-corrected chi connectivity index (χ3v) is 5.21. The summed E-state index contributed by atoms with van der Waals surface area (Å²) >= 11 is 0. The van der Waals surface area contributed by atoms with E-state index < -0.39 is 5.60 Å². The summed E-state index contributed by atoms with van der Waals surface area (Å²) in [6, 6.07) is 13.2. The minimum Gasteiger partial charge on any atom is -0.484 e. The summed E-state index contributed by atoms with van der Waals surface area (Å²) in [6.07, 6.45) is 1.02. The third-order valence-electron chi connectivity index (χ3n) is 5.21. The molecule has 4 nitrogen and oxygen atoms in total. The summed E-state index contributed by atoms with van der Waals surface area (Å²) < 4.78 is 6.20. The fourth-order valence-electron chi connectivity index (χ4n) is 3.91. The van der Waals surface area contributed by atoms with Crippen molar-refractivity contribution < 1.29 is 14.3 Å². The molecule has 0 aliphatic carbocycles. The van der Waals surface area contributed by atoms with E-state index in [-0.39, 0.29) is 11.7 Å². The topological polar surface area (TPSA) is 46.6 Å². The lowest BCUT2D eigenvalue weighted by molar-refractivity contribution is 0.0428. The number of aryl methyl sites for hydroxylation is 2. The Morgan fingerprint density at radius 2 is 1.96 bits per heavy atom. The number of hydrogen-bond acceptors (Lipinski definition) is 3. The van der Waals surface area contributed by atoms with Crippen LogP contribution >= 0.6 is 0 Å². The fraction of sp³-hybridized carbons (Fsp3) is 0.333. The number of ether oxygens (including phenoxy) is 1. The average molecular weight is 335 g/mol. The van der Waals surface area contributed by atoms with Gasteiger partial charge >= 0.3 is 0 Å². The fourth-order valence-corrected chi connectivity index (χ4v) is 3.91. The van der Waals surface area contributed by atoms with E-state index in [4.69, 9.17) is 4.74 Å². The number of carbonyl (C=O) groups excluding carboxylic acids is 2. The summed E-state index contributed by atoms with van der Waals surface area (Å²) in [5.41, 5.74) is 2.92. The third kappa shape index (κ3) is 2.72. The van der Waals surface area contributed by atoms with Gasteiger partial charge in [-0.1, -0.05) is 29.8 Å². The molecule has 2 aromatic carbocycles. The van der Waals surface area contributed by atoms with Crippen molar-refractivity contribution in [2.24, 2.45) is 0 Å². The van der Waals surface area contributed by atoms with E-state index in [0.29, 0.717) is 37.2 Å². The second kappa shape index (κ2) is 5.73. The average Bonchev–Trinajstić information content (AvgIpc) is 2.97. The van der Waals surface area contributed by atoms with Crippen molar-refractivity contribution in [3.8, 4) is 5.75 Å². The van der Waals surface area contributed by atoms with Crippen LogP contribution < -0.4 is 4.74 Å². The molecule has 1 fully saturated rings. The molecule has 1 spiro atoms. The number of rotatable bonds is 1. The van der Waals surface area contributed by atoms with Gasteiger partial charge in [-0.25, -0.2) is 0 Å². The number of carbonyl (C=O) groups is 2. The van der Waals surface area contributed by atoms with Crippen LogP contribution in [0.3, 0.4) is 0 Å². The predicted octanol–water partition coefficient (Wildman–Crippen LogP) is 3.55. The molecule has 128 valence electrons. The molecule has 1 amide bonds. The Labute approximate surface area is 147 Å². The first-order valence-electron chi connectivity index (χ1n) is 8.65. The number of likely N-dealkylation sites (tertiary alicyclic amines) is 1. The van der Waals surface area contributed by atoms with Crippen LogP contribution in [0.5, 0.6) is 5.75 Å². The van der Waals surface area contributed by atoms with Crippen molar-refractivity contribution in [1.82, 2.24) is 4.90 Å². The molecule has 0 radical (unpaired) electrons. The molecule has 2 heterocycles. The van der Waals surface area contributed by atoms with E-state index >= 15 is 0 Å². The van der Waals surface area contributed by atoms with Gasteiger partial charge in [-0.15, -0.1) is 0 Å². The van der Waals surface area contributed by atoms with Crippen LogP contribution in [-0.4, -0.2) is 35.3 Å². The van der Waals surface area contributed by atoms with Gasteiger partial charge in [-0.05, 0) is 37.6 Å². The Hall–Kier alpha value is -2.62. The minimum atomic E-state index is -0.584. The van der Waals surface area contributed by atoms with E-state index in [9.17, 15) is 9.59 Å². The quantitative estimate of drug-likeness (QED) is 0.800. The predicted molar refractivity (Wildman–Crippen MR) is 95.2 cm³/mol. The summed E-state index contributed by atoms with van der Waals surface area (Å²) in [4.78, 5) is 27.2. The van der Waals surface area contributed by atoms with Crippen LogP contribution in [0.4, 0.5) is 0 Å². The van der Waals surface area contributed by atoms with Crippen LogP contribution in [0.1, 0.15) is 44.7 Å². The van der Waals surface area contributed by atoms with Crippen molar-refractivity contribution in [3.05, 3.63) is 64.7 Å². The van der Waals surface area contributed by atoms with Gasteiger partial charge < -0.3 is 9.64 Å². The number of ketones is 1. The molecule has 1 atom stereocenters. The lowest BCUT2D eigenvalue weighted by Gasteiger charge is -2.34. The molecule has 1 unspecified atom stereocenters. The van der Waals surface area contributed by atoms with Gasteiger partial charge in [0.1, 0.15) is 11.4 Å². The Morgan fingerprint density at radius 1 is 1.16 bits per heavy atom. The number of nitrogens with zero attached hydrogens (tertiary/aromatic N) is 1. The number of Topliss-reactive ketones (excluding diaryl/α,β-unsaturated/α-hetero) is 1. The number of para-hydroxylation sites is 1.